The monoisotopic (exact) mass is 246 g/mol. The molecule has 0 aliphatic carbocycles. The molecular weight excluding hydrogens is 232 g/mol. The summed E-state index contributed by atoms with van der Waals surface area (Å²) >= 11 is 6.23. The maximum Gasteiger partial charge on any atom is 0.0584 e. The van der Waals surface area contributed by atoms with Crippen LogP contribution in [-0.4, -0.2) is 4.98 Å². The summed E-state index contributed by atoms with van der Waals surface area (Å²) < 4.78 is 0. The van der Waals surface area contributed by atoms with Gasteiger partial charge in [0.05, 0.1) is 6.04 Å². The first-order chi connectivity index (χ1) is 8.09. The summed E-state index contributed by atoms with van der Waals surface area (Å²) in [5, 5.41) is 0.709. The standard InChI is InChI=1S/C14H15ClN2/c1-9-3-4-11(13(15)7-9)14(16)12-8-17-6-5-10(12)2/h3-8,14H,16H2,1-2H3. The van der Waals surface area contributed by atoms with Gasteiger partial charge in [-0.2, -0.15) is 0 Å². The Morgan fingerprint density at radius 3 is 2.59 bits per heavy atom. The van der Waals surface area contributed by atoms with Crippen molar-refractivity contribution in [2.24, 2.45) is 5.73 Å². The van der Waals surface area contributed by atoms with Gasteiger partial charge in [-0.15, -0.1) is 0 Å². The number of aromatic nitrogens is 1. The molecule has 0 saturated heterocycles. The molecule has 2 nitrogen and oxygen atoms in total. The van der Waals surface area contributed by atoms with Gasteiger partial charge >= 0.3 is 0 Å². The SMILES string of the molecule is Cc1ccc(C(N)c2cnccc2C)c(Cl)c1. The summed E-state index contributed by atoms with van der Waals surface area (Å²) in [4.78, 5) is 4.12. The molecule has 17 heavy (non-hydrogen) atoms. The van der Waals surface area contributed by atoms with E-state index in [1.165, 1.54) is 0 Å². The summed E-state index contributed by atoms with van der Waals surface area (Å²) in [7, 11) is 0. The molecule has 0 radical (unpaired) electrons. The molecule has 0 aliphatic heterocycles. The van der Waals surface area contributed by atoms with E-state index < -0.39 is 0 Å². The highest BCUT2D eigenvalue weighted by molar-refractivity contribution is 6.31. The van der Waals surface area contributed by atoms with Crippen LogP contribution in [0.5, 0.6) is 0 Å². The van der Waals surface area contributed by atoms with E-state index in [0.717, 1.165) is 22.3 Å². The van der Waals surface area contributed by atoms with Crippen molar-refractivity contribution in [2.75, 3.05) is 0 Å². The second-order valence-electron chi connectivity index (χ2n) is 4.23. The van der Waals surface area contributed by atoms with Crippen molar-refractivity contribution in [3.63, 3.8) is 0 Å². The van der Waals surface area contributed by atoms with Crippen molar-refractivity contribution >= 4 is 11.6 Å². The first-order valence-corrected chi connectivity index (χ1v) is 5.89. The van der Waals surface area contributed by atoms with Crippen LogP contribution < -0.4 is 5.73 Å². The number of aryl methyl sites for hydroxylation is 2. The summed E-state index contributed by atoms with van der Waals surface area (Å²) in [5.74, 6) is 0. The molecule has 0 fully saturated rings. The lowest BCUT2D eigenvalue weighted by Crippen LogP contribution is -2.14. The highest BCUT2D eigenvalue weighted by Crippen LogP contribution is 2.28. The zero-order valence-electron chi connectivity index (χ0n) is 9.94. The molecule has 1 unspecified atom stereocenters. The second kappa shape index (κ2) is 4.86. The third-order valence-corrected chi connectivity index (χ3v) is 3.23. The highest BCUT2D eigenvalue weighted by Gasteiger charge is 2.14. The number of hydrogen-bond donors (Lipinski definition) is 1. The average molecular weight is 247 g/mol. The summed E-state index contributed by atoms with van der Waals surface area (Å²) in [5.41, 5.74) is 10.5. The molecule has 2 aromatic rings. The molecule has 1 heterocycles. The van der Waals surface area contributed by atoms with Crippen molar-refractivity contribution in [1.29, 1.82) is 0 Å². The Morgan fingerprint density at radius 2 is 1.94 bits per heavy atom. The number of halogens is 1. The van der Waals surface area contributed by atoms with Gasteiger partial charge in [-0.1, -0.05) is 23.7 Å². The first kappa shape index (κ1) is 12.1. The lowest BCUT2D eigenvalue weighted by atomic mass is 9.97. The van der Waals surface area contributed by atoms with Gasteiger partial charge in [0.2, 0.25) is 0 Å². The molecule has 0 aliphatic rings. The Kier molecular flexibility index (Phi) is 3.46. The van der Waals surface area contributed by atoms with E-state index in [1.54, 1.807) is 12.4 Å². The molecule has 88 valence electrons. The van der Waals surface area contributed by atoms with Crippen molar-refractivity contribution in [3.8, 4) is 0 Å². The van der Waals surface area contributed by atoms with Gasteiger partial charge in [0.25, 0.3) is 0 Å². The van der Waals surface area contributed by atoms with Gasteiger partial charge in [0.1, 0.15) is 0 Å². The summed E-state index contributed by atoms with van der Waals surface area (Å²) in [6, 6.07) is 7.66. The molecule has 0 bridgehead atoms. The number of nitrogens with two attached hydrogens (primary N) is 1. The average Bonchev–Trinajstić information content (AvgIpc) is 2.29. The van der Waals surface area contributed by atoms with E-state index in [4.69, 9.17) is 17.3 Å². The number of benzene rings is 1. The van der Waals surface area contributed by atoms with Gasteiger partial charge in [-0.3, -0.25) is 4.98 Å². The molecule has 2 rings (SSSR count). The molecule has 1 aromatic carbocycles. The molecule has 3 heteroatoms. The fraction of sp³-hybridized carbons (Fsp3) is 0.214. The van der Waals surface area contributed by atoms with Gasteiger partial charge < -0.3 is 5.73 Å². The largest absolute Gasteiger partial charge is 0.320 e. The van der Waals surface area contributed by atoms with Crippen LogP contribution in [0.4, 0.5) is 0 Å². The summed E-state index contributed by atoms with van der Waals surface area (Å²) in [6.45, 7) is 4.04. The van der Waals surface area contributed by atoms with Crippen LogP contribution in [0, 0.1) is 13.8 Å². The Bertz CT molecular complexity index is 537. The fourth-order valence-electron chi connectivity index (χ4n) is 1.85. The zero-order valence-corrected chi connectivity index (χ0v) is 10.7. The van der Waals surface area contributed by atoms with Crippen LogP contribution in [-0.2, 0) is 0 Å². The normalized spacial score (nSPS) is 12.5. The van der Waals surface area contributed by atoms with Crippen LogP contribution in [0.3, 0.4) is 0 Å². The van der Waals surface area contributed by atoms with Crippen LogP contribution in [0.25, 0.3) is 0 Å². The minimum Gasteiger partial charge on any atom is -0.320 e. The van der Waals surface area contributed by atoms with Crippen molar-refractivity contribution in [3.05, 3.63) is 63.9 Å². The lowest BCUT2D eigenvalue weighted by Gasteiger charge is -2.16. The molecule has 1 atom stereocenters. The Labute approximate surface area is 106 Å². The smallest absolute Gasteiger partial charge is 0.0584 e. The maximum atomic E-state index is 6.24. The van der Waals surface area contributed by atoms with Gasteiger partial charge in [-0.25, -0.2) is 0 Å². The number of rotatable bonds is 2. The van der Waals surface area contributed by atoms with Crippen LogP contribution in [0.2, 0.25) is 5.02 Å². The second-order valence-corrected chi connectivity index (χ2v) is 4.64. The van der Waals surface area contributed by atoms with E-state index in [-0.39, 0.29) is 6.04 Å². The molecule has 0 spiro atoms. The van der Waals surface area contributed by atoms with Crippen LogP contribution >= 0.6 is 11.6 Å². The Balaban J connectivity index is 2.44. The Hall–Kier alpha value is -1.38. The van der Waals surface area contributed by atoms with E-state index in [0.29, 0.717) is 5.02 Å². The molecule has 0 saturated carbocycles. The summed E-state index contributed by atoms with van der Waals surface area (Å²) in [6.07, 6.45) is 3.57. The van der Waals surface area contributed by atoms with E-state index >= 15 is 0 Å². The Morgan fingerprint density at radius 1 is 1.18 bits per heavy atom. The number of hydrogen-bond acceptors (Lipinski definition) is 2. The van der Waals surface area contributed by atoms with E-state index in [2.05, 4.69) is 4.98 Å². The number of nitrogens with zero attached hydrogens (tertiary/aromatic N) is 1. The molecule has 0 amide bonds. The molecule has 2 N–H and O–H groups in total. The minimum atomic E-state index is -0.225. The van der Waals surface area contributed by atoms with Gasteiger partial charge in [0.15, 0.2) is 0 Å². The predicted molar refractivity (Wildman–Crippen MR) is 71.2 cm³/mol. The molecule has 1 aromatic heterocycles. The third kappa shape index (κ3) is 2.48. The number of pyridine rings is 1. The quantitative estimate of drug-likeness (QED) is 0.882. The molecular formula is C14H15ClN2. The van der Waals surface area contributed by atoms with Crippen LogP contribution in [0.15, 0.2) is 36.7 Å². The fourth-order valence-corrected chi connectivity index (χ4v) is 2.21. The first-order valence-electron chi connectivity index (χ1n) is 5.51. The van der Waals surface area contributed by atoms with Crippen molar-refractivity contribution < 1.29 is 0 Å². The predicted octanol–water partition coefficient (Wildman–Crippen LogP) is 3.40. The van der Waals surface area contributed by atoms with Gasteiger partial charge in [-0.05, 0) is 48.2 Å². The van der Waals surface area contributed by atoms with E-state index in [1.807, 2.05) is 38.1 Å². The minimum absolute atomic E-state index is 0.225. The zero-order chi connectivity index (χ0) is 12.4. The lowest BCUT2D eigenvalue weighted by molar-refractivity contribution is 0.852. The van der Waals surface area contributed by atoms with Gasteiger partial charge in [0, 0.05) is 17.4 Å². The van der Waals surface area contributed by atoms with Crippen LogP contribution in [0.1, 0.15) is 28.3 Å². The highest BCUT2D eigenvalue weighted by atomic mass is 35.5. The topological polar surface area (TPSA) is 38.9 Å². The van der Waals surface area contributed by atoms with Crippen molar-refractivity contribution in [2.45, 2.75) is 19.9 Å². The van der Waals surface area contributed by atoms with Crippen molar-refractivity contribution in [1.82, 2.24) is 4.98 Å². The van der Waals surface area contributed by atoms with E-state index in [9.17, 15) is 0 Å². The maximum absolute atomic E-state index is 6.24. The third-order valence-electron chi connectivity index (χ3n) is 2.91.